The van der Waals surface area contributed by atoms with Crippen molar-refractivity contribution < 1.29 is 9.53 Å². The van der Waals surface area contributed by atoms with E-state index in [-0.39, 0.29) is 11.3 Å². The molecular weight excluding hydrogens is 304 g/mol. The summed E-state index contributed by atoms with van der Waals surface area (Å²) in [4.78, 5) is 19.6. The molecule has 21 heavy (non-hydrogen) atoms. The SMILES string of the molecule is COc1ccc(C2SCCN2C(=O)c2scnc2C)cc1. The third-order valence-corrected chi connectivity index (χ3v) is 5.67. The molecule has 0 bridgehead atoms. The maximum absolute atomic E-state index is 12.7. The van der Waals surface area contributed by atoms with Crippen LogP contribution in [0.5, 0.6) is 5.75 Å². The predicted octanol–water partition coefficient (Wildman–Crippen LogP) is 3.35. The Labute approximate surface area is 132 Å². The van der Waals surface area contributed by atoms with Gasteiger partial charge in [0.05, 0.1) is 18.3 Å². The first-order chi connectivity index (χ1) is 10.2. The normalized spacial score (nSPS) is 18.0. The van der Waals surface area contributed by atoms with Crippen LogP contribution >= 0.6 is 23.1 Å². The van der Waals surface area contributed by atoms with Gasteiger partial charge in [0.15, 0.2) is 0 Å². The van der Waals surface area contributed by atoms with Crippen LogP contribution in [0.4, 0.5) is 0 Å². The molecule has 4 nitrogen and oxygen atoms in total. The predicted molar refractivity (Wildman–Crippen MR) is 86.1 cm³/mol. The molecule has 1 unspecified atom stereocenters. The molecular formula is C15H16N2O2S2. The molecule has 1 atom stereocenters. The first-order valence-electron chi connectivity index (χ1n) is 6.67. The highest BCUT2D eigenvalue weighted by Gasteiger charge is 2.32. The highest BCUT2D eigenvalue weighted by Crippen LogP contribution is 2.39. The Morgan fingerprint density at radius 1 is 1.38 bits per heavy atom. The molecule has 1 aromatic carbocycles. The summed E-state index contributed by atoms with van der Waals surface area (Å²) in [6.07, 6.45) is 0. The number of hydrogen-bond donors (Lipinski definition) is 0. The van der Waals surface area contributed by atoms with Gasteiger partial charge in [0.2, 0.25) is 0 Å². The molecule has 0 saturated carbocycles. The van der Waals surface area contributed by atoms with Crippen molar-refractivity contribution in [3.63, 3.8) is 0 Å². The lowest BCUT2D eigenvalue weighted by atomic mass is 10.2. The van der Waals surface area contributed by atoms with Crippen LogP contribution in [0.1, 0.15) is 26.3 Å². The van der Waals surface area contributed by atoms with Gasteiger partial charge in [-0.3, -0.25) is 4.79 Å². The number of aromatic nitrogens is 1. The van der Waals surface area contributed by atoms with E-state index in [2.05, 4.69) is 4.98 Å². The molecule has 0 radical (unpaired) electrons. The minimum absolute atomic E-state index is 0.0740. The molecule has 2 heterocycles. The van der Waals surface area contributed by atoms with Crippen LogP contribution in [0.2, 0.25) is 0 Å². The number of carbonyl (C=O) groups is 1. The number of carbonyl (C=O) groups excluding carboxylic acids is 1. The quantitative estimate of drug-likeness (QED) is 0.870. The van der Waals surface area contributed by atoms with E-state index in [9.17, 15) is 4.79 Å². The fourth-order valence-corrected chi connectivity index (χ4v) is 4.37. The lowest BCUT2D eigenvalue weighted by molar-refractivity contribution is 0.0764. The number of benzene rings is 1. The molecule has 1 aromatic heterocycles. The van der Waals surface area contributed by atoms with Crippen LogP contribution in [0.3, 0.4) is 0 Å². The average molecular weight is 320 g/mol. The largest absolute Gasteiger partial charge is 0.497 e. The summed E-state index contributed by atoms with van der Waals surface area (Å²) < 4.78 is 5.19. The molecule has 1 aliphatic rings. The van der Waals surface area contributed by atoms with E-state index in [4.69, 9.17) is 4.74 Å². The number of hydrogen-bond acceptors (Lipinski definition) is 5. The first-order valence-corrected chi connectivity index (χ1v) is 8.60. The van der Waals surface area contributed by atoms with E-state index >= 15 is 0 Å². The van der Waals surface area contributed by atoms with Gasteiger partial charge in [0.25, 0.3) is 5.91 Å². The lowest BCUT2D eigenvalue weighted by Gasteiger charge is -2.24. The molecule has 0 spiro atoms. The molecule has 1 aliphatic heterocycles. The highest BCUT2D eigenvalue weighted by atomic mass is 32.2. The Morgan fingerprint density at radius 3 is 2.76 bits per heavy atom. The Bertz CT molecular complexity index is 639. The van der Waals surface area contributed by atoms with Gasteiger partial charge >= 0.3 is 0 Å². The van der Waals surface area contributed by atoms with Crippen LogP contribution in [-0.4, -0.2) is 35.2 Å². The number of nitrogens with zero attached hydrogens (tertiary/aromatic N) is 2. The van der Waals surface area contributed by atoms with Gasteiger partial charge in [-0.2, -0.15) is 0 Å². The van der Waals surface area contributed by atoms with Crippen LogP contribution < -0.4 is 4.74 Å². The molecule has 6 heteroatoms. The van der Waals surface area contributed by atoms with Crippen molar-refractivity contribution in [1.29, 1.82) is 0 Å². The van der Waals surface area contributed by atoms with Gasteiger partial charge in [0.1, 0.15) is 16.0 Å². The number of amides is 1. The summed E-state index contributed by atoms with van der Waals surface area (Å²) in [6.45, 7) is 2.66. The van der Waals surface area contributed by atoms with Gasteiger partial charge in [-0.05, 0) is 24.6 Å². The van der Waals surface area contributed by atoms with Crippen LogP contribution in [0, 0.1) is 6.92 Å². The van der Waals surface area contributed by atoms with E-state index in [1.807, 2.05) is 36.1 Å². The summed E-state index contributed by atoms with van der Waals surface area (Å²) in [5.74, 6) is 1.87. The first kappa shape index (κ1) is 14.4. The number of methoxy groups -OCH3 is 1. The Morgan fingerprint density at radius 2 is 2.14 bits per heavy atom. The van der Waals surface area contributed by atoms with Crippen molar-refractivity contribution in [1.82, 2.24) is 9.88 Å². The molecule has 0 aliphatic carbocycles. The second-order valence-electron chi connectivity index (χ2n) is 4.76. The zero-order chi connectivity index (χ0) is 14.8. The van der Waals surface area contributed by atoms with Crippen molar-refractivity contribution in [3.8, 4) is 5.75 Å². The number of aryl methyl sites for hydroxylation is 1. The number of thiazole rings is 1. The molecule has 1 fully saturated rings. The molecule has 1 saturated heterocycles. The molecule has 2 aromatic rings. The number of rotatable bonds is 3. The van der Waals surface area contributed by atoms with E-state index in [0.29, 0.717) is 0 Å². The molecule has 0 N–H and O–H groups in total. The molecule has 3 rings (SSSR count). The second kappa shape index (κ2) is 6.07. The van der Waals surface area contributed by atoms with Crippen LogP contribution in [-0.2, 0) is 0 Å². The standard InChI is InChI=1S/C15H16N2O2S2/c1-10-13(21-9-16-10)14(18)17-7-8-20-15(17)11-3-5-12(19-2)6-4-11/h3-6,9,15H,7-8H2,1-2H3. The molecule has 110 valence electrons. The smallest absolute Gasteiger partial charge is 0.267 e. The van der Waals surface area contributed by atoms with Crippen LogP contribution in [0.25, 0.3) is 0 Å². The number of ether oxygens (including phenoxy) is 1. The fraction of sp³-hybridized carbons (Fsp3) is 0.333. The Balaban J connectivity index is 1.85. The van der Waals surface area contributed by atoms with Gasteiger partial charge in [-0.25, -0.2) is 4.98 Å². The summed E-state index contributed by atoms with van der Waals surface area (Å²) in [7, 11) is 1.65. The van der Waals surface area contributed by atoms with E-state index in [0.717, 1.165) is 34.2 Å². The summed E-state index contributed by atoms with van der Waals surface area (Å²) in [6, 6.07) is 7.94. The van der Waals surface area contributed by atoms with E-state index in [1.165, 1.54) is 11.3 Å². The zero-order valence-corrected chi connectivity index (χ0v) is 13.5. The van der Waals surface area contributed by atoms with Gasteiger partial charge < -0.3 is 9.64 Å². The van der Waals surface area contributed by atoms with Crippen molar-refractivity contribution in [2.75, 3.05) is 19.4 Å². The van der Waals surface area contributed by atoms with Crippen LogP contribution in [0.15, 0.2) is 29.8 Å². The van der Waals surface area contributed by atoms with Gasteiger partial charge in [-0.15, -0.1) is 23.1 Å². The Hall–Kier alpha value is -1.53. The maximum Gasteiger partial charge on any atom is 0.267 e. The van der Waals surface area contributed by atoms with Gasteiger partial charge in [0, 0.05) is 12.3 Å². The van der Waals surface area contributed by atoms with Crippen molar-refractivity contribution in [2.45, 2.75) is 12.3 Å². The summed E-state index contributed by atoms with van der Waals surface area (Å²) in [5, 5.41) is 0.0740. The zero-order valence-electron chi connectivity index (χ0n) is 11.9. The third kappa shape index (κ3) is 2.78. The second-order valence-corrected chi connectivity index (χ2v) is 6.80. The fourth-order valence-electron chi connectivity index (χ4n) is 2.36. The lowest BCUT2D eigenvalue weighted by Crippen LogP contribution is -2.30. The van der Waals surface area contributed by atoms with Crippen molar-refractivity contribution in [3.05, 3.63) is 45.9 Å². The maximum atomic E-state index is 12.7. The third-order valence-electron chi connectivity index (χ3n) is 3.49. The topological polar surface area (TPSA) is 42.4 Å². The van der Waals surface area contributed by atoms with Crippen molar-refractivity contribution in [2.24, 2.45) is 0 Å². The molecule has 1 amide bonds. The highest BCUT2D eigenvalue weighted by molar-refractivity contribution is 7.99. The number of thioether (sulfide) groups is 1. The summed E-state index contributed by atoms with van der Waals surface area (Å²) in [5.41, 5.74) is 3.68. The van der Waals surface area contributed by atoms with Crippen molar-refractivity contribution >= 4 is 29.0 Å². The van der Waals surface area contributed by atoms with Gasteiger partial charge in [-0.1, -0.05) is 12.1 Å². The minimum Gasteiger partial charge on any atom is -0.497 e. The summed E-state index contributed by atoms with van der Waals surface area (Å²) >= 11 is 3.21. The average Bonchev–Trinajstić information content (AvgIpc) is 3.15. The van der Waals surface area contributed by atoms with E-state index in [1.54, 1.807) is 24.4 Å². The monoisotopic (exact) mass is 320 g/mol. The van der Waals surface area contributed by atoms with E-state index < -0.39 is 0 Å². The minimum atomic E-state index is 0.0740. The Kier molecular flexibility index (Phi) is 4.17.